The number of hydrogen-bond donors (Lipinski definition) is 3. The van der Waals surface area contributed by atoms with E-state index in [-0.39, 0.29) is 20.5 Å². The Balaban J connectivity index is 0.00000729. The van der Waals surface area contributed by atoms with Crippen molar-refractivity contribution in [1.29, 1.82) is 0 Å². The minimum Gasteiger partial charge on any atom is -0.467 e. The predicted molar refractivity (Wildman–Crippen MR) is 106 cm³/mol. The molecule has 0 aliphatic rings. The van der Waals surface area contributed by atoms with Crippen LogP contribution in [0.15, 0.2) is 24.3 Å². The highest BCUT2D eigenvalue weighted by molar-refractivity contribution is 5.89. The Kier molecular flexibility index (Phi) is 10.2. The van der Waals surface area contributed by atoms with E-state index in [1.54, 1.807) is 45.0 Å². The van der Waals surface area contributed by atoms with E-state index in [2.05, 4.69) is 15.4 Å². The molecule has 158 valence electrons. The molecule has 0 saturated heterocycles. The zero-order chi connectivity index (χ0) is 20.6. The topological polar surface area (TPSA) is 114 Å². The molecule has 1 aromatic rings. The molecule has 0 saturated carbocycles. The molecule has 0 spiro atoms. The van der Waals surface area contributed by atoms with Crippen LogP contribution in [0.4, 0.5) is 4.79 Å². The first-order chi connectivity index (χ1) is 12.6. The summed E-state index contributed by atoms with van der Waals surface area (Å²) in [6.07, 6.45) is -0.551. The monoisotopic (exact) mass is 396 g/mol. The van der Waals surface area contributed by atoms with Crippen molar-refractivity contribution in [3.8, 4) is 0 Å². The normalized spacial score (nSPS) is 12.8. The Morgan fingerprint density at radius 2 is 1.61 bits per heavy atom. The van der Waals surface area contributed by atoms with Gasteiger partial charge in [0.25, 0.3) is 0 Å². The SMILES string of the molecule is C.COC(=O)C(C)NC(=O)C(Cc1ccc(CO)cc1)NC(=O)OC(C)(C)C. The summed E-state index contributed by atoms with van der Waals surface area (Å²) in [4.78, 5) is 36.2. The molecule has 0 radical (unpaired) electrons. The van der Waals surface area contributed by atoms with Crippen molar-refractivity contribution in [2.45, 2.75) is 65.8 Å². The van der Waals surface area contributed by atoms with Crippen LogP contribution in [0.5, 0.6) is 0 Å². The van der Waals surface area contributed by atoms with Gasteiger partial charge in [0, 0.05) is 6.42 Å². The second-order valence-corrected chi connectivity index (χ2v) is 7.13. The van der Waals surface area contributed by atoms with Crippen molar-refractivity contribution in [2.24, 2.45) is 0 Å². The number of esters is 1. The Labute approximate surface area is 166 Å². The van der Waals surface area contributed by atoms with Crippen molar-refractivity contribution in [3.63, 3.8) is 0 Å². The van der Waals surface area contributed by atoms with Crippen LogP contribution in [-0.2, 0) is 32.1 Å². The quantitative estimate of drug-likeness (QED) is 0.607. The first-order valence-corrected chi connectivity index (χ1v) is 8.62. The fourth-order valence-corrected chi connectivity index (χ4v) is 2.23. The summed E-state index contributed by atoms with van der Waals surface area (Å²) in [5, 5.41) is 14.2. The highest BCUT2D eigenvalue weighted by Gasteiger charge is 2.27. The van der Waals surface area contributed by atoms with Gasteiger partial charge < -0.3 is 25.2 Å². The maximum atomic E-state index is 12.6. The number of nitrogens with one attached hydrogen (secondary N) is 2. The summed E-state index contributed by atoms with van der Waals surface area (Å²) in [6, 6.07) is 5.16. The number of methoxy groups -OCH3 is 1. The largest absolute Gasteiger partial charge is 0.467 e. The smallest absolute Gasteiger partial charge is 0.408 e. The first-order valence-electron chi connectivity index (χ1n) is 8.62. The van der Waals surface area contributed by atoms with Crippen LogP contribution >= 0.6 is 0 Å². The number of carbonyl (C=O) groups excluding carboxylic acids is 3. The number of rotatable bonds is 7. The molecule has 3 N–H and O–H groups in total. The molecule has 0 aromatic heterocycles. The molecule has 0 fully saturated rings. The summed E-state index contributed by atoms with van der Waals surface area (Å²) in [6.45, 7) is 6.55. The zero-order valence-corrected chi connectivity index (χ0v) is 16.4. The van der Waals surface area contributed by atoms with Crippen LogP contribution in [0, 0.1) is 0 Å². The van der Waals surface area contributed by atoms with Crippen LogP contribution in [0.1, 0.15) is 46.2 Å². The predicted octanol–water partition coefficient (Wildman–Crippen LogP) is 1.93. The maximum absolute atomic E-state index is 12.6. The average molecular weight is 396 g/mol. The lowest BCUT2D eigenvalue weighted by atomic mass is 10.0. The van der Waals surface area contributed by atoms with Crippen molar-refractivity contribution in [2.75, 3.05) is 7.11 Å². The van der Waals surface area contributed by atoms with Gasteiger partial charge in [-0.2, -0.15) is 0 Å². The third kappa shape index (κ3) is 8.85. The van der Waals surface area contributed by atoms with Gasteiger partial charge in [-0.15, -0.1) is 0 Å². The Bertz CT molecular complexity index is 652. The van der Waals surface area contributed by atoms with Gasteiger partial charge in [0.05, 0.1) is 13.7 Å². The van der Waals surface area contributed by atoms with Crippen molar-refractivity contribution < 1.29 is 29.0 Å². The lowest BCUT2D eigenvalue weighted by Gasteiger charge is -2.24. The zero-order valence-electron chi connectivity index (χ0n) is 16.4. The number of carbonyl (C=O) groups is 3. The van der Waals surface area contributed by atoms with Gasteiger partial charge in [0.2, 0.25) is 5.91 Å². The molecule has 0 aliphatic carbocycles. The fourth-order valence-electron chi connectivity index (χ4n) is 2.23. The highest BCUT2D eigenvalue weighted by atomic mass is 16.6. The van der Waals surface area contributed by atoms with Crippen LogP contribution in [0.2, 0.25) is 0 Å². The third-order valence-corrected chi connectivity index (χ3v) is 3.57. The van der Waals surface area contributed by atoms with Crippen LogP contribution in [0.25, 0.3) is 0 Å². The van der Waals surface area contributed by atoms with E-state index >= 15 is 0 Å². The van der Waals surface area contributed by atoms with E-state index in [1.807, 2.05) is 0 Å². The van der Waals surface area contributed by atoms with Gasteiger partial charge in [-0.05, 0) is 38.8 Å². The van der Waals surface area contributed by atoms with Crippen LogP contribution in [0.3, 0.4) is 0 Å². The highest BCUT2D eigenvalue weighted by Crippen LogP contribution is 2.10. The molecule has 8 heteroatoms. The van der Waals surface area contributed by atoms with Gasteiger partial charge in [-0.3, -0.25) is 4.79 Å². The van der Waals surface area contributed by atoms with Gasteiger partial charge in [-0.1, -0.05) is 31.7 Å². The summed E-state index contributed by atoms with van der Waals surface area (Å²) in [5.74, 6) is -1.13. The van der Waals surface area contributed by atoms with Crippen LogP contribution in [-0.4, -0.2) is 47.9 Å². The van der Waals surface area contributed by atoms with Crippen molar-refractivity contribution >= 4 is 18.0 Å². The number of benzene rings is 1. The number of aliphatic hydroxyl groups is 1. The molecular formula is C20H32N2O6. The van der Waals surface area contributed by atoms with Crippen molar-refractivity contribution in [1.82, 2.24) is 10.6 Å². The van der Waals surface area contributed by atoms with E-state index in [9.17, 15) is 14.4 Å². The number of aliphatic hydroxyl groups excluding tert-OH is 1. The molecule has 0 heterocycles. The Morgan fingerprint density at radius 1 is 1.07 bits per heavy atom. The van der Waals surface area contributed by atoms with E-state index in [0.717, 1.165) is 11.1 Å². The van der Waals surface area contributed by atoms with Gasteiger partial charge >= 0.3 is 12.1 Å². The standard InChI is InChI=1S/C19H28N2O6.CH4/c1-12(17(24)26-5)20-16(23)15(21-18(25)27-19(2,3)4)10-13-6-8-14(11-22)9-7-13;/h6-9,12,15,22H,10-11H2,1-5H3,(H,20,23)(H,21,25);1H4. The molecule has 0 aliphatic heterocycles. The average Bonchev–Trinajstić information content (AvgIpc) is 2.59. The molecule has 2 amide bonds. The molecule has 2 unspecified atom stereocenters. The second kappa shape index (κ2) is 11.3. The summed E-state index contributed by atoms with van der Waals surface area (Å²) < 4.78 is 9.81. The van der Waals surface area contributed by atoms with Gasteiger partial charge in [0.1, 0.15) is 17.7 Å². The number of amides is 2. The lowest BCUT2D eigenvalue weighted by Crippen LogP contribution is -2.52. The maximum Gasteiger partial charge on any atom is 0.408 e. The summed E-state index contributed by atoms with van der Waals surface area (Å²) in [7, 11) is 1.23. The third-order valence-electron chi connectivity index (χ3n) is 3.57. The minimum atomic E-state index is -0.952. The summed E-state index contributed by atoms with van der Waals surface area (Å²) >= 11 is 0. The second-order valence-electron chi connectivity index (χ2n) is 7.13. The van der Waals surface area contributed by atoms with Crippen molar-refractivity contribution in [3.05, 3.63) is 35.4 Å². The van der Waals surface area contributed by atoms with Gasteiger partial charge in [0.15, 0.2) is 0 Å². The van der Waals surface area contributed by atoms with E-state index < -0.39 is 35.7 Å². The molecular weight excluding hydrogens is 364 g/mol. The Morgan fingerprint density at radius 3 is 2.07 bits per heavy atom. The Hall–Kier alpha value is -2.61. The molecule has 1 aromatic carbocycles. The molecule has 1 rings (SSSR count). The number of alkyl carbamates (subject to hydrolysis) is 1. The fraction of sp³-hybridized carbons (Fsp3) is 0.550. The molecule has 2 atom stereocenters. The number of hydrogen-bond acceptors (Lipinski definition) is 6. The summed E-state index contributed by atoms with van der Waals surface area (Å²) in [5.41, 5.74) is 0.793. The van der Waals surface area contributed by atoms with E-state index in [1.165, 1.54) is 14.0 Å². The van der Waals surface area contributed by atoms with E-state index in [4.69, 9.17) is 9.84 Å². The molecule has 28 heavy (non-hydrogen) atoms. The minimum absolute atomic E-state index is 0. The number of ether oxygens (including phenoxy) is 2. The van der Waals surface area contributed by atoms with E-state index in [0.29, 0.717) is 0 Å². The molecule has 8 nitrogen and oxygen atoms in total. The molecule has 0 bridgehead atoms. The van der Waals surface area contributed by atoms with Gasteiger partial charge in [-0.25, -0.2) is 9.59 Å². The first kappa shape index (κ1) is 25.4. The van der Waals surface area contributed by atoms with Crippen LogP contribution < -0.4 is 10.6 Å². The lowest BCUT2D eigenvalue weighted by molar-refractivity contribution is -0.144.